The zero-order valence-corrected chi connectivity index (χ0v) is 10.1. The lowest BCUT2D eigenvalue weighted by Crippen LogP contribution is -2.07. The summed E-state index contributed by atoms with van der Waals surface area (Å²) in [5, 5.41) is 9.87. The van der Waals surface area contributed by atoms with Crippen LogP contribution in [0.5, 0.6) is 5.75 Å². The topological polar surface area (TPSA) is 38.7 Å². The van der Waals surface area contributed by atoms with E-state index in [2.05, 4.69) is 0 Å². The van der Waals surface area contributed by atoms with Crippen LogP contribution < -0.4 is 4.74 Å². The molecule has 3 nitrogen and oxygen atoms in total. The second kappa shape index (κ2) is 6.51. The van der Waals surface area contributed by atoms with Crippen molar-refractivity contribution < 1.29 is 14.6 Å². The van der Waals surface area contributed by atoms with Crippen LogP contribution in [0.2, 0.25) is 0 Å². The molecule has 90 valence electrons. The van der Waals surface area contributed by atoms with Gasteiger partial charge in [-0.3, -0.25) is 0 Å². The zero-order valence-electron chi connectivity index (χ0n) is 10.1. The molecule has 0 saturated heterocycles. The third-order valence-corrected chi connectivity index (χ3v) is 2.21. The fraction of sp³-hybridized carbons (Fsp3) is 0.538. The van der Waals surface area contributed by atoms with Crippen molar-refractivity contribution in [1.82, 2.24) is 0 Å². The van der Waals surface area contributed by atoms with Crippen molar-refractivity contribution in [2.75, 3.05) is 13.7 Å². The summed E-state index contributed by atoms with van der Waals surface area (Å²) in [6.45, 7) is 4.51. The minimum Gasteiger partial charge on any atom is -0.491 e. The molecule has 3 heteroatoms. The molecule has 0 aliphatic rings. The van der Waals surface area contributed by atoms with Crippen LogP contribution in [0.15, 0.2) is 24.3 Å². The Labute approximate surface area is 97.0 Å². The van der Waals surface area contributed by atoms with Gasteiger partial charge in [-0.2, -0.15) is 0 Å². The summed E-state index contributed by atoms with van der Waals surface area (Å²) in [6.07, 6.45) is 0.253. The van der Waals surface area contributed by atoms with Gasteiger partial charge >= 0.3 is 0 Å². The van der Waals surface area contributed by atoms with Crippen LogP contribution in [0, 0.1) is 0 Å². The van der Waals surface area contributed by atoms with Gasteiger partial charge in [0, 0.05) is 20.1 Å². The van der Waals surface area contributed by atoms with Gasteiger partial charge in [0.1, 0.15) is 5.75 Å². The highest BCUT2D eigenvalue weighted by molar-refractivity contribution is 5.30. The standard InChI is InChI=1S/C13H20O3/c1-10(2)16-12-6-4-5-11(9-12)13(14)7-8-15-3/h4-6,9-10,13-14H,7-8H2,1-3H3. The summed E-state index contributed by atoms with van der Waals surface area (Å²) in [6, 6.07) is 7.56. The predicted molar refractivity (Wildman–Crippen MR) is 63.7 cm³/mol. The summed E-state index contributed by atoms with van der Waals surface area (Å²) in [7, 11) is 1.63. The smallest absolute Gasteiger partial charge is 0.120 e. The molecule has 1 rings (SSSR count). The first-order valence-electron chi connectivity index (χ1n) is 5.57. The number of aliphatic hydroxyl groups excluding tert-OH is 1. The monoisotopic (exact) mass is 224 g/mol. The third kappa shape index (κ3) is 4.21. The van der Waals surface area contributed by atoms with E-state index < -0.39 is 6.10 Å². The highest BCUT2D eigenvalue weighted by Crippen LogP contribution is 2.22. The average molecular weight is 224 g/mol. The Kier molecular flexibility index (Phi) is 5.29. The minimum absolute atomic E-state index is 0.145. The quantitative estimate of drug-likeness (QED) is 0.807. The molecule has 0 fully saturated rings. The van der Waals surface area contributed by atoms with Gasteiger partial charge in [-0.25, -0.2) is 0 Å². The lowest BCUT2D eigenvalue weighted by Gasteiger charge is -2.14. The maximum absolute atomic E-state index is 9.87. The largest absolute Gasteiger partial charge is 0.491 e. The Bertz CT molecular complexity index is 310. The van der Waals surface area contributed by atoms with Crippen molar-refractivity contribution >= 4 is 0 Å². The third-order valence-electron chi connectivity index (χ3n) is 2.21. The Balaban J connectivity index is 2.65. The molecule has 0 amide bonds. The van der Waals surface area contributed by atoms with Crippen LogP contribution in [0.3, 0.4) is 0 Å². The molecule has 0 aliphatic carbocycles. The number of benzene rings is 1. The van der Waals surface area contributed by atoms with Crippen molar-refractivity contribution in [2.24, 2.45) is 0 Å². The van der Waals surface area contributed by atoms with E-state index in [0.29, 0.717) is 13.0 Å². The first kappa shape index (κ1) is 13.0. The molecule has 0 spiro atoms. The molecular formula is C13H20O3. The molecule has 1 unspecified atom stereocenters. The second-order valence-corrected chi connectivity index (χ2v) is 4.04. The van der Waals surface area contributed by atoms with E-state index in [1.807, 2.05) is 38.1 Å². The predicted octanol–water partition coefficient (Wildman–Crippen LogP) is 2.54. The lowest BCUT2D eigenvalue weighted by molar-refractivity contribution is 0.110. The molecule has 1 atom stereocenters. The van der Waals surface area contributed by atoms with E-state index in [1.165, 1.54) is 0 Å². The Hall–Kier alpha value is -1.06. The molecule has 1 aromatic carbocycles. The first-order chi connectivity index (χ1) is 7.63. The van der Waals surface area contributed by atoms with Gasteiger partial charge in [0.25, 0.3) is 0 Å². The van der Waals surface area contributed by atoms with Gasteiger partial charge in [0.15, 0.2) is 0 Å². The second-order valence-electron chi connectivity index (χ2n) is 4.04. The Morgan fingerprint density at radius 2 is 2.06 bits per heavy atom. The fourth-order valence-electron chi connectivity index (χ4n) is 1.46. The van der Waals surface area contributed by atoms with Crippen LogP contribution in [-0.4, -0.2) is 24.9 Å². The average Bonchev–Trinajstić information content (AvgIpc) is 2.25. The van der Waals surface area contributed by atoms with E-state index in [1.54, 1.807) is 7.11 Å². The highest BCUT2D eigenvalue weighted by atomic mass is 16.5. The van der Waals surface area contributed by atoms with Crippen molar-refractivity contribution in [3.63, 3.8) is 0 Å². The summed E-state index contributed by atoms with van der Waals surface area (Å²) in [5.74, 6) is 0.795. The van der Waals surface area contributed by atoms with E-state index in [-0.39, 0.29) is 6.10 Å². The number of methoxy groups -OCH3 is 1. The summed E-state index contributed by atoms with van der Waals surface area (Å²) < 4.78 is 10.5. The van der Waals surface area contributed by atoms with E-state index in [4.69, 9.17) is 9.47 Å². The van der Waals surface area contributed by atoms with Gasteiger partial charge in [-0.05, 0) is 31.5 Å². The van der Waals surface area contributed by atoms with Gasteiger partial charge < -0.3 is 14.6 Å². The summed E-state index contributed by atoms with van der Waals surface area (Å²) >= 11 is 0. The number of ether oxygens (including phenoxy) is 2. The zero-order chi connectivity index (χ0) is 12.0. The van der Waals surface area contributed by atoms with Crippen LogP contribution in [0.4, 0.5) is 0 Å². The number of hydrogen-bond acceptors (Lipinski definition) is 3. The Morgan fingerprint density at radius 3 is 2.69 bits per heavy atom. The van der Waals surface area contributed by atoms with Crippen LogP contribution in [0.25, 0.3) is 0 Å². The van der Waals surface area contributed by atoms with E-state index in [0.717, 1.165) is 11.3 Å². The SMILES string of the molecule is COCCC(O)c1cccc(OC(C)C)c1. The molecule has 0 saturated carbocycles. The molecule has 1 N–H and O–H groups in total. The van der Waals surface area contributed by atoms with Crippen LogP contribution in [0.1, 0.15) is 31.9 Å². The molecule has 16 heavy (non-hydrogen) atoms. The maximum atomic E-state index is 9.87. The summed E-state index contributed by atoms with van der Waals surface area (Å²) in [4.78, 5) is 0. The highest BCUT2D eigenvalue weighted by Gasteiger charge is 2.08. The molecular weight excluding hydrogens is 204 g/mol. The lowest BCUT2D eigenvalue weighted by atomic mass is 10.1. The van der Waals surface area contributed by atoms with Gasteiger partial charge in [0.05, 0.1) is 12.2 Å². The molecule has 0 bridgehead atoms. The first-order valence-corrected chi connectivity index (χ1v) is 5.57. The normalized spacial score (nSPS) is 12.8. The maximum Gasteiger partial charge on any atom is 0.120 e. The molecule has 0 aliphatic heterocycles. The van der Waals surface area contributed by atoms with Crippen LogP contribution >= 0.6 is 0 Å². The molecule has 1 aromatic rings. The molecule has 0 aromatic heterocycles. The minimum atomic E-state index is -0.490. The van der Waals surface area contributed by atoms with Gasteiger partial charge in [0.2, 0.25) is 0 Å². The Morgan fingerprint density at radius 1 is 1.31 bits per heavy atom. The van der Waals surface area contributed by atoms with Crippen LogP contribution in [-0.2, 0) is 4.74 Å². The van der Waals surface area contributed by atoms with Crippen molar-refractivity contribution in [2.45, 2.75) is 32.5 Å². The van der Waals surface area contributed by atoms with Gasteiger partial charge in [-0.15, -0.1) is 0 Å². The van der Waals surface area contributed by atoms with Crippen molar-refractivity contribution in [3.05, 3.63) is 29.8 Å². The number of rotatable bonds is 6. The molecule has 0 heterocycles. The summed E-state index contributed by atoms with van der Waals surface area (Å²) in [5.41, 5.74) is 0.871. The van der Waals surface area contributed by atoms with E-state index in [9.17, 15) is 5.11 Å². The van der Waals surface area contributed by atoms with Gasteiger partial charge in [-0.1, -0.05) is 12.1 Å². The molecule has 0 radical (unpaired) electrons. The number of aliphatic hydroxyl groups is 1. The number of hydrogen-bond donors (Lipinski definition) is 1. The van der Waals surface area contributed by atoms with Crippen molar-refractivity contribution in [3.8, 4) is 5.75 Å². The van der Waals surface area contributed by atoms with Crippen molar-refractivity contribution in [1.29, 1.82) is 0 Å². The fourth-order valence-corrected chi connectivity index (χ4v) is 1.46. The van der Waals surface area contributed by atoms with E-state index >= 15 is 0 Å².